The van der Waals surface area contributed by atoms with Crippen LogP contribution in [0.15, 0.2) is 46.9 Å². The number of rotatable bonds is 3. The zero-order valence-electron chi connectivity index (χ0n) is 9.48. The van der Waals surface area contributed by atoms with Gasteiger partial charge in [-0.3, -0.25) is 0 Å². The zero-order valence-corrected chi connectivity index (χ0v) is 11.1. The van der Waals surface area contributed by atoms with Gasteiger partial charge in [-0.25, -0.2) is 0 Å². The van der Waals surface area contributed by atoms with E-state index in [1.807, 2.05) is 49.4 Å². The molecule has 0 radical (unpaired) electrons. The number of hydrogen-bond donors (Lipinski definition) is 1. The van der Waals surface area contributed by atoms with Gasteiger partial charge in [-0.1, -0.05) is 18.2 Å². The predicted molar refractivity (Wildman–Crippen MR) is 71.3 cm³/mol. The maximum Gasteiger partial charge on any atom is 0.141 e. The molecule has 88 valence electrons. The Bertz CT molecular complexity index is 523. The van der Waals surface area contributed by atoms with Gasteiger partial charge in [0.05, 0.1) is 11.1 Å². The Hall–Kier alpha value is -1.32. The topological polar surface area (TPSA) is 29.5 Å². The monoisotopic (exact) mass is 292 g/mol. The number of aliphatic hydroxyl groups excluding tert-OH is 1. The summed E-state index contributed by atoms with van der Waals surface area (Å²) in [6, 6.07) is 13.4. The van der Waals surface area contributed by atoms with E-state index >= 15 is 0 Å². The first-order chi connectivity index (χ1) is 8.20. The number of aliphatic hydroxyl groups is 1. The van der Waals surface area contributed by atoms with Gasteiger partial charge in [-0.2, -0.15) is 0 Å². The van der Waals surface area contributed by atoms with Crippen LogP contribution in [0.2, 0.25) is 0 Å². The lowest BCUT2D eigenvalue weighted by molar-refractivity contribution is 0.281. The SMILES string of the molecule is Cc1cc(Oc2ccccc2Br)ccc1CO. The van der Waals surface area contributed by atoms with Gasteiger partial charge in [0.25, 0.3) is 0 Å². The number of aryl methyl sites for hydroxylation is 1. The number of para-hydroxylation sites is 1. The molecular formula is C14H13BrO2. The van der Waals surface area contributed by atoms with Crippen molar-refractivity contribution in [2.24, 2.45) is 0 Å². The molecule has 0 bridgehead atoms. The van der Waals surface area contributed by atoms with Crippen molar-refractivity contribution in [1.29, 1.82) is 0 Å². The highest BCUT2D eigenvalue weighted by Crippen LogP contribution is 2.30. The maximum absolute atomic E-state index is 9.09. The third-order valence-corrected chi connectivity index (χ3v) is 3.20. The summed E-state index contributed by atoms with van der Waals surface area (Å²) < 4.78 is 6.68. The molecule has 0 aliphatic carbocycles. The molecule has 0 unspecified atom stereocenters. The molecule has 2 aromatic rings. The van der Waals surface area contributed by atoms with E-state index in [0.717, 1.165) is 27.1 Å². The molecular weight excluding hydrogens is 280 g/mol. The van der Waals surface area contributed by atoms with E-state index in [0.29, 0.717) is 0 Å². The van der Waals surface area contributed by atoms with E-state index in [1.54, 1.807) is 0 Å². The molecule has 0 atom stereocenters. The Kier molecular flexibility index (Phi) is 3.82. The molecule has 1 N–H and O–H groups in total. The van der Waals surface area contributed by atoms with Crippen LogP contribution < -0.4 is 4.74 Å². The van der Waals surface area contributed by atoms with Gasteiger partial charge in [-0.15, -0.1) is 0 Å². The summed E-state index contributed by atoms with van der Waals surface area (Å²) >= 11 is 3.44. The molecule has 0 aliphatic heterocycles. The summed E-state index contributed by atoms with van der Waals surface area (Å²) in [5, 5.41) is 9.09. The fourth-order valence-electron chi connectivity index (χ4n) is 1.56. The number of halogens is 1. The van der Waals surface area contributed by atoms with Crippen LogP contribution >= 0.6 is 15.9 Å². The second-order valence-corrected chi connectivity index (χ2v) is 4.63. The Balaban J connectivity index is 2.25. The van der Waals surface area contributed by atoms with E-state index in [4.69, 9.17) is 9.84 Å². The van der Waals surface area contributed by atoms with Gasteiger partial charge < -0.3 is 9.84 Å². The fraction of sp³-hybridized carbons (Fsp3) is 0.143. The highest BCUT2D eigenvalue weighted by atomic mass is 79.9. The highest BCUT2D eigenvalue weighted by Gasteiger charge is 2.03. The van der Waals surface area contributed by atoms with E-state index in [2.05, 4.69) is 15.9 Å². The normalized spacial score (nSPS) is 10.3. The standard InChI is InChI=1S/C14H13BrO2/c1-10-8-12(7-6-11(10)9-16)17-14-5-3-2-4-13(14)15/h2-8,16H,9H2,1H3. The Morgan fingerprint density at radius 3 is 2.59 bits per heavy atom. The lowest BCUT2D eigenvalue weighted by atomic mass is 10.1. The van der Waals surface area contributed by atoms with Gasteiger partial charge >= 0.3 is 0 Å². The van der Waals surface area contributed by atoms with Crippen LogP contribution in [0.25, 0.3) is 0 Å². The molecule has 0 fully saturated rings. The van der Waals surface area contributed by atoms with Crippen LogP contribution in [0.4, 0.5) is 0 Å². The van der Waals surface area contributed by atoms with E-state index in [1.165, 1.54) is 0 Å². The van der Waals surface area contributed by atoms with Crippen LogP contribution in [0, 0.1) is 6.92 Å². The van der Waals surface area contributed by atoms with Crippen molar-refractivity contribution in [3.05, 3.63) is 58.1 Å². The first-order valence-corrected chi connectivity index (χ1v) is 6.13. The van der Waals surface area contributed by atoms with Crippen molar-refractivity contribution in [1.82, 2.24) is 0 Å². The Morgan fingerprint density at radius 1 is 1.18 bits per heavy atom. The molecule has 0 spiro atoms. The van der Waals surface area contributed by atoms with E-state index < -0.39 is 0 Å². The average Bonchev–Trinajstić information content (AvgIpc) is 2.32. The first kappa shape index (κ1) is 12.1. The second kappa shape index (κ2) is 5.34. The van der Waals surface area contributed by atoms with Crippen LogP contribution in [-0.4, -0.2) is 5.11 Å². The Labute approximate surface area is 109 Å². The van der Waals surface area contributed by atoms with Gasteiger partial charge in [-0.05, 0) is 58.2 Å². The molecule has 0 saturated carbocycles. The summed E-state index contributed by atoms with van der Waals surface area (Å²) in [7, 11) is 0. The summed E-state index contributed by atoms with van der Waals surface area (Å²) in [6.07, 6.45) is 0. The molecule has 17 heavy (non-hydrogen) atoms. The minimum Gasteiger partial charge on any atom is -0.456 e. The maximum atomic E-state index is 9.09. The van der Waals surface area contributed by atoms with Gasteiger partial charge in [0.1, 0.15) is 11.5 Å². The quantitative estimate of drug-likeness (QED) is 0.925. The molecule has 0 amide bonds. The number of ether oxygens (including phenoxy) is 1. The largest absolute Gasteiger partial charge is 0.456 e. The average molecular weight is 293 g/mol. The molecule has 2 aromatic carbocycles. The number of hydrogen-bond acceptors (Lipinski definition) is 2. The molecule has 0 aromatic heterocycles. The van der Waals surface area contributed by atoms with Gasteiger partial charge in [0.15, 0.2) is 0 Å². The van der Waals surface area contributed by atoms with Crippen LogP contribution in [0.5, 0.6) is 11.5 Å². The van der Waals surface area contributed by atoms with Crippen LogP contribution in [0.1, 0.15) is 11.1 Å². The smallest absolute Gasteiger partial charge is 0.141 e. The van der Waals surface area contributed by atoms with Gasteiger partial charge in [0, 0.05) is 0 Å². The fourth-order valence-corrected chi connectivity index (χ4v) is 1.93. The summed E-state index contributed by atoms with van der Waals surface area (Å²) in [6.45, 7) is 2.01. The van der Waals surface area contributed by atoms with Crippen molar-refractivity contribution in [3.8, 4) is 11.5 Å². The molecule has 0 aliphatic rings. The molecule has 0 heterocycles. The molecule has 2 rings (SSSR count). The van der Waals surface area contributed by atoms with Crippen molar-refractivity contribution in [2.45, 2.75) is 13.5 Å². The highest BCUT2D eigenvalue weighted by molar-refractivity contribution is 9.10. The molecule has 0 saturated heterocycles. The van der Waals surface area contributed by atoms with Crippen molar-refractivity contribution in [2.75, 3.05) is 0 Å². The second-order valence-electron chi connectivity index (χ2n) is 3.78. The third kappa shape index (κ3) is 2.87. The predicted octanol–water partition coefficient (Wildman–Crippen LogP) is 4.04. The van der Waals surface area contributed by atoms with Gasteiger partial charge in [0.2, 0.25) is 0 Å². The summed E-state index contributed by atoms with van der Waals surface area (Å²) in [4.78, 5) is 0. The lowest BCUT2D eigenvalue weighted by Crippen LogP contribution is -1.91. The lowest BCUT2D eigenvalue weighted by Gasteiger charge is -2.09. The van der Waals surface area contributed by atoms with Crippen molar-refractivity contribution >= 4 is 15.9 Å². The van der Waals surface area contributed by atoms with Crippen LogP contribution in [0.3, 0.4) is 0 Å². The first-order valence-electron chi connectivity index (χ1n) is 5.33. The van der Waals surface area contributed by atoms with E-state index in [9.17, 15) is 0 Å². The third-order valence-electron chi connectivity index (χ3n) is 2.55. The minimum atomic E-state index is 0.0567. The summed E-state index contributed by atoms with van der Waals surface area (Å²) in [5.74, 6) is 1.55. The van der Waals surface area contributed by atoms with Crippen molar-refractivity contribution < 1.29 is 9.84 Å². The van der Waals surface area contributed by atoms with Crippen molar-refractivity contribution in [3.63, 3.8) is 0 Å². The minimum absolute atomic E-state index is 0.0567. The zero-order chi connectivity index (χ0) is 12.3. The number of benzene rings is 2. The summed E-state index contributed by atoms with van der Waals surface area (Å²) in [5.41, 5.74) is 1.95. The van der Waals surface area contributed by atoms with E-state index in [-0.39, 0.29) is 6.61 Å². The Morgan fingerprint density at radius 2 is 1.94 bits per heavy atom. The molecule has 3 heteroatoms. The molecule has 2 nitrogen and oxygen atoms in total. The van der Waals surface area contributed by atoms with Crippen LogP contribution in [-0.2, 0) is 6.61 Å².